The Balaban J connectivity index is 2.19. The number of unbranched alkanes of at least 4 members (excludes halogenated alkanes) is 5. The molecule has 0 radical (unpaired) electrons. The molecule has 0 saturated carbocycles. The summed E-state index contributed by atoms with van der Waals surface area (Å²) in [6, 6.07) is 3.57. The third-order valence-electron chi connectivity index (χ3n) is 2.97. The number of aromatic nitrogens is 1. The van der Waals surface area contributed by atoms with Crippen molar-refractivity contribution in [2.45, 2.75) is 58.0 Å². The summed E-state index contributed by atoms with van der Waals surface area (Å²) in [5.74, 6) is 0. The summed E-state index contributed by atoms with van der Waals surface area (Å²) in [5, 5.41) is 10.4. The van der Waals surface area contributed by atoms with Crippen LogP contribution in [0.1, 0.15) is 63.5 Å². The number of nitrogens with zero attached hydrogens (tertiary/aromatic N) is 1. The highest BCUT2D eigenvalue weighted by Gasteiger charge is 2.07. The van der Waals surface area contributed by atoms with E-state index in [0.717, 1.165) is 18.4 Å². The molecule has 0 aromatic carbocycles. The molecular weight excluding hydrogens is 234 g/mol. The van der Waals surface area contributed by atoms with Crippen molar-refractivity contribution in [2.75, 3.05) is 0 Å². The predicted octanol–water partition coefficient (Wildman–Crippen LogP) is 4.52. The second-order valence-corrected chi connectivity index (χ2v) is 4.87. The first-order valence-electron chi connectivity index (χ1n) is 6.53. The summed E-state index contributed by atoms with van der Waals surface area (Å²) >= 11 is 5.79. The van der Waals surface area contributed by atoms with Crippen molar-refractivity contribution in [3.63, 3.8) is 0 Å². The summed E-state index contributed by atoms with van der Waals surface area (Å²) in [7, 11) is 0. The third-order valence-corrected chi connectivity index (χ3v) is 3.17. The maximum atomic E-state index is 9.96. The second kappa shape index (κ2) is 8.48. The van der Waals surface area contributed by atoms with Crippen molar-refractivity contribution in [3.05, 3.63) is 29.0 Å². The Morgan fingerprint density at radius 1 is 1.24 bits per heavy atom. The van der Waals surface area contributed by atoms with Crippen LogP contribution in [0.25, 0.3) is 0 Å². The maximum absolute atomic E-state index is 9.96. The first kappa shape index (κ1) is 14.5. The van der Waals surface area contributed by atoms with E-state index in [4.69, 9.17) is 11.6 Å². The molecule has 3 heteroatoms. The molecule has 1 aromatic heterocycles. The lowest BCUT2D eigenvalue weighted by molar-refractivity contribution is 0.163. The van der Waals surface area contributed by atoms with Crippen molar-refractivity contribution in [1.29, 1.82) is 0 Å². The molecule has 17 heavy (non-hydrogen) atoms. The van der Waals surface area contributed by atoms with Crippen LogP contribution < -0.4 is 0 Å². The zero-order valence-corrected chi connectivity index (χ0v) is 11.3. The Hall–Kier alpha value is -0.600. The van der Waals surface area contributed by atoms with Crippen LogP contribution in [0.4, 0.5) is 0 Å². The van der Waals surface area contributed by atoms with Gasteiger partial charge in [-0.05, 0) is 24.1 Å². The van der Waals surface area contributed by atoms with Crippen LogP contribution >= 0.6 is 11.6 Å². The molecule has 1 aromatic rings. The third kappa shape index (κ3) is 6.04. The number of pyridine rings is 1. The monoisotopic (exact) mass is 255 g/mol. The van der Waals surface area contributed by atoms with Gasteiger partial charge in [-0.2, -0.15) is 0 Å². The van der Waals surface area contributed by atoms with Crippen LogP contribution in [-0.2, 0) is 0 Å². The SMILES string of the molecule is CCCCCCCCC(O)c1ccnc(Cl)c1. The summed E-state index contributed by atoms with van der Waals surface area (Å²) in [6.07, 6.45) is 9.52. The minimum absolute atomic E-state index is 0.401. The van der Waals surface area contributed by atoms with E-state index in [-0.39, 0.29) is 0 Å². The van der Waals surface area contributed by atoms with Crippen LogP contribution in [0.15, 0.2) is 18.3 Å². The van der Waals surface area contributed by atoms with Gasteiger partial charge in [0.1, 0.15) is 5.15 Å². The van der Waals surface area contributed by atoms with Crippen molar-refractivity contribution in [3.8, 4) is 0 Å². The van der Waals surface area contributed by atoms with Gasteiger partial charge in [0, 0.05) is 6.20 Å². The zero-order valence-electron chi connectivity index (χ0n) is 10.5. The number of halogens is 1. The molecule has 0 spiro atoms. The van der Waals surface area contributed by atoms with Gasteiger partial charge in [-0.3, -0.25) is 0 Å². The lowest BCUT2D eigenvalue weighted by Crippen LogP contribution is -1.97. The first-order chi connectivity index (χ1) is 8.24. The van der Waals surface area contributed by atoms with Crippen molar-refractivity contribution in [2.24, 2.45) is 0 Å². The molecule has 0 aliphatic heterocycles. The molecule has 0 fully saturated rings. The summed E-state index contributed by atoms with van der Waals surface area (Å²) in [6.45, 7) is 2.22. The molecule has 1 rings (SSSR count). The molecule has 0 saturated heterocycles. The highest BCUT2D eigenvalue weighted by Crippen LogP contribution is 2.21. The number of hydrogen-bond donors (Lipinski definition) is 1. The summed E-state index contributed by atoms with van der Waals surface area (Å²) in [4.78, 5) is 3.91. The van der Waals surface area contributed by atoms with E-state index in [9.17, 15) is 5.11 Å². The quantitative estimate of drug-likeness (QED) is 0.547. The topological polar surface area (TPSA) is 33.1 Å². The number of rotatable bonds is 8. The second-order valence-electron chi connectivity index (χ2n) is 4.48. The molecule has 1 N–H and O–H groups in total. The van der Waals surface area contributed by atoms with E-state index in [1.165, 1.54) is 32.1 Å². The van der Waals surface area contributed by atoms with Gasteiger partial charge in [-0.25, -0.2) is 4.98 Å². The normalized spacial score (nSPS) is 12.6. The van der Waals surface area contributed by atoms with Gasteiger partial charge in [0.05, 0.1) is 6.10 Å². The van der Waals surface area contributed by atoms with Crippen LogP contribution in [0, 0.1) is 0 Å². The van der Waals surface area contributed by atoms with Crippen molar-refractivity contribution < 1.29 is 5.11 Å². The minimum atomic E-state index is -0.401. The minimum Gasteiger partial charge on any atom is -0.388 e. The van der Waals surface area contributed by atoms with Crippen LogP contribution in [0.5, 0.6) is 0 Å². The van der Waals surface area contributed by atoms with Gasteiger partial charge < -0.3 is 5.11 Å². The van der Waals surface area contributed by atoms with Gasteiger partial charge in [0.2, 0.25) is 0 Å². The molecular formula is C14H22ClNO. The van der Waals surface area contributed by atoms with Gasteiger partial charge in [-0.15, -0.1) is 0 Å². The van der Waals surface area contributed by atoms with Crippen LogP contribution in [0.2, 0.25) is 5.15 Å². The molecule has 96 valence electrons. The molecule has 2 nitrogen and oxygen atoms in total. The summed E-state index contributed by atoms with van der Waals surface area (Å²) in [5.41, 5.74) is 0.874. The van der Waals surface area contributed by atoms with Gasteiger partial charge in [0.15, 0.2) is 0 Å². The Morgan fingerprint density at radius 2 is 1.94 bits per heavy atom. The fraction of sp³-hybridized carbons (Fsp3) is 0.643. The van der Waals surface area contributed by atoms with Gasteiger partial charge in [-0.1, -0.05) is 57.0 Å². The van der Waals surface area contributed by atoms with E-state index in [2.05, 4.69) is 11.9 Å². The molecule has 0 bridgehead atoms. The Labute approximate surface area is 109 Å². The Morgan fingerprint density at radius 3 is 2.65 bits per heavy atom. The average Bonchev–Trinajstić information content (AvgIpc) is 2.33. The molecule has 1 unspecified atom stereocenters. The number of aliphatic hydroxyl groups is 1. The fourth-order valence-electron chi connectivity index (χ4n) is 1.91. The standard InChI is InChI=1S/C14H22ClNO/c1-2-3-4-5-6-7-8-13(17)12-9-10-16-14(15)11-12/h9-11,13,17H,2-8H2,1H3. The van der Waals surface area contributed by atoms with Crippen molar-refractivity contribution in [1.82, 2.24) is 4.98 Å². The van der Waals surface area contributed by atoms with E-state index in [1.54, 1.807) is 12.3 Å². The Kier molecular flexibility index (Phi) is 7.22. The smallest absolute Gasteiger partial charge is 0.129 e. The number of hydrogen-bond acceptors (Lipinski definition) is 2. The molecule has 0 aliphatic carbocycles. The van der Waals surface area contributed by atoms with Crippen LogP contribution in [0.3, 0.4) is 0 Å². The van der Waals surface area contributed by atoms with E-state index < -0.39 is 6.10 Å². The van der Waals surface area contributed by atoms with Gasteiger partial charge >= 0.3 is 0 Å². The summed E-state index contributed by atoms with van der Waals surface area (Å²) < 4.78 is 0. The maximum Gasteiger partial charge on any atom is 0.129 e. The number of aliphatic hydroxyl groups excluding tert-OH is 1. The lowest BCUT2D eigenvalue weighted by Gasteiger charge is -2.10. The average molecular weight is 256 g/mol. The molecule has 1 atom stereocenters. The van der Waals surface area contributed by atoms with Gasteiger partial charge in [0.25, 0.3) is 0 Å². The highest BCUT2D eigenvalue weighted by atomic mass is 35.5. The lowest BCUT2D eigenvalue weighted by atomic mass is 10.0. The van der Waals surface area contributed by atoms with Crippen molar-refractivity contribution >= 4 is 11.6 Å². The predicted molar refractivity (Wildman–Crippen MR) is 72.2 cm³/mol. The van der Waals surface area contributed by atoms with Crippen LogP contribution in [-0.4, -0.2) is 10.1 Å². The molecule has 1 heterocycles. The first-order valence-corrected chi connectivity index (χ1v) is 6.91. The van der Waals surface area contributed by atoms with E-state index in [0.29, 0.717) is 5.15 Å². The fourth-order valence-corrected chi connectivity index (χ4v) is 2.09. The highest BCUT2D eigenvalue weighted by molar-refractivity contribution is 6.29. The largest absolute Gasteiger partial charge is 0.388 e. The molecule has 0 aliphatic rings. The van der Waals surface area contributed by atoms with E-state index in [1.807, 2.05) is 6.07 Å². The Bertz CT molecular complexity index is 317. The zero-order chi connectivity index (χ0) is 12.5. The molecule has 0 amide bonds. The van der Waals surface area contributed by atoms with E-state index >= 15 is 0 Å².